The molecular formula is C17H21N3O2S. The number of thiazole rings is 1. The number of amides is 1. The molecule has 0 fully saturated rings. The molecule has 5 nitrogen and oxygen atoms in total. The molecule has 1 amide bonds. The van der Waals surface area contributed by atoms with E-state index in [0.29, 0.717) is 24.8 Å². The summed E-state index contributed by atoms with van der Waals surface area (Å²) in [5.74, 6) is 0.376. The van der Waals surface area contributed by atoms with E-state index in [2.05, 4.69) is 24.1 Å². The number of fused-ring (bicyclic) bond motifs is 1. The van der Waals surface area contributed by atoms with Gasteiger partial charge in [-0.25, -0.2) is 4.98 Å². The number of ether oxygens (including phenoxy) is 1. The number of anilines is 2. The second kappa shape index (κ2) is 6.68. The van der Waals surface area contributed by atoms with Gasteiger partial charge >= 0.3 is 0 Å². The van der Waals surface area contributed by atoms with Gasteiger partial charge < -0.3 is 15.0 Å². The third-order valence-electron chi connectivity index (χ3n) is 4.00. The molecule has 0 unspecified atom stereocenters. The van der Waals surface area contributed by atoms with Crippen molar-refractivity contribution in [3.05, 3.63) is 40.3 Å². The molecule has 1 aliphatic rings. The minimum atomic E-state index is -0.0526. The number of hydrogen-bond acceptors (Lipinski definition) is 5. The third kappa shape index (κ3) is 3.23. The largest absolute Gasteiger partial charge is 0.379 e. The molecule has 0 bridgehead atoms. The van der Waals surface area contributed by atoms with Crippen molar-refractivity contribution in [1.29, 1.82) is 0 Å². The van der Waals surface area contributed by atoms with Crippen LogP contribution in [0.5, 0.6) is 0 Å². The van der Waals surface area contributed by atoms with Crippen molar-refractivity contribution < 1.29 is 9.53 Å². The van der Waals surface area contributed by atoms with Crippen LogP contribution in [0.25, 0.3) is 0 Å². The predicted molar refractivity (Wildman–Crippen MR) is 93.2 cm³/mol. The van der Waals surface area contributed by atoms with Gasteiger partial charge in [0.15, 0.2) is 0 Å². The molecule has 122 valence electrons. The Labute approximate surface area is 140 Å². The molecule has 1 atom stereocenters. The molecule has 2 heterocycles. The van der Waals surface area contributed by atoms with Crippen LogP contribution in [0.4, 0.5) is 11.4 Å². The quantitative estimate of drug-likeness (QED) is 0.933. The zero-order valence-electron chi connectivity index (χ0n) is 13.6. The maximum absolute atomic E-state index is 12.9. The van der Waals surface area contributed by atoms with Gasteiger partial charge in [-0.2, -0.15) is 0 Å². The van der Waals surface area contributed by atoms with E-state index in [1.54, 1.807) is 7.11 Å². The molecule has 6 heteroatoms. The van der Waals surface area contributed by atoms with Crippen LogP contribution >= 0.6 is 11.3 Å². The first-order valence-corrected chi connectivity index (χ1v) is 8.59. The van der Waals surface area contributed by atoms with E-state index >= 15 is 0 Å². The summed E-state index contributed by atoms with van der Waals surface area (Å²) in [6, 6.07) is 8.15. The minimum Gasteiger partial charge on any atom is -0.379 e. The van der Waals surface area contributed by atoms with E-state index in [0.717, 1.165) is 16.4 Å². The van der Waals surface area contributed by atoms with Gasteiger partial charge in [-0.05, 0) is 18.1 Å². The Bertz CT molecular complexity index is 699. The average molecular weight is 331 g/mol. The number of para-hydroxylation sites is 2. The molecule has 0 saturated carbocycles. The summed E-state index contributed by atoms with van der Waals surface area (Å²) in [6.45, 7) is 5.40. The number of nitrogens with zero attached hydrogens (tertiary/aromatic N) is 2. The summed E-state index contributed by atoms with van der Waals surface area (Å²) in [5, 5.41) is 6.16. The highest BCUT2D eigenvalue weighted by Gasteiger charge is 2.30. The second-order valence-corrected chi connectivity index (χ2v) is 6.93. The molecule has 1 N–H and O–H groups in total. The smallest absolute Gasteiger partial charge is 0.277 e. The topological polar surface area (TPSA) is 54.5 Å². The van der Waals surface area contributed by atoms with Gasteiger partial charge in [0.2, 0.25) is 0 Å². The maximum Gasteiger partial charge on any atom is 0.277 e. The van der Waals surface area contributed by atoms with Crippen molar-refractivity contribution in [3.8, 4) is 0 Å². The van der Waals surface area contributed by atoms with Crippen molar-refractivity contribution in [1.82, 2.24) is 4.98 Å². The molecule has 2 aromatic rings. The fourth-order valence-electron chi connectivity index (χ4n) is 2.68. The van der Waals surface area contributed by atoms with Crippen LogP contribution in [0.15, 0.2) is 29.6 Å². The number of benzene rings is 1. The lowest BCUT2D eigenvalue weighted by Gasteiger charge is -2.37. The fraction of sp³-hybridized carbons (Fsp3) is 0.412. The Kier molecular flexibility index (Phi) is 4.63. The average Bonchev–Trinajstić information content (AvgIpc) is 3.02. The summed E-state index contributed by atoms with van der Waals surface area (Å²) in [7, 11) is 1.63. The number of carbonyl (C=O) groups is 1. The van der Waals surface area contributed by atoms with Crippen molar-refractivity contribution in [3.63, 3.8) is 0 Å². The van der Waals surface area contributed by atoms with Crippen LogP contribution in [-0.2, 0) is 11.3 Å². The molecule has 23 heavy (non-hydrogen) atoms. The second-order valence-electron chi connectivity index (χ2n) is 5.99. The lowest BCUT2D eigenvalue weighted by molar-refractivity contribution is 0.0979. The fourth-order valence-corrected chi connectivity index (χ4v) is 3.42. The van der Waals surface area contributed by atoms with Crippen molar-refractivity contribution in [2.45, 2.75) is 26.5 Å². The predicted octanol–water partition coefficient (Wildman–Crippen LogP) is 3.39. The SMILES string of the molecule is COCc1nc(C(=O)N2C[C@H](C(C)C)Nc3ccccc32)cs1. The zero-order valence-corrected chi connectivity index (χ0v) is 14.4. The van der Waals surface area contributed by atoms with Crippen LogP contribution in [-0.4, -0.2) is 30.6 Å². The highest BCUT2D eigenvalue weighted by atomic mass is 32.1. The van der Waals surface area contributed by atoms with Gasteiger partial charge in [0, 0.05) is 25.1 Å². The van der Waals surface area contributed by atoms with Crippen LogP contribution < -0.4 is 10.2 Å². The van der Waals surface area contributed by atoms with E-state index in [4.69, 9.17) is 4.74 Å². The molecule has 3 rings (SSSR count). The first-order chi connectivity index (χ1) is 11.1. The monoisotopic (exact) mass is 331 g/mol. The van der Waals surface area contributed by atoms with E-state index in [9.17, 15) is 4.79 Å². The molecule has 1 aliphatic heterocycles. The molecule has 0 aliphatic carbocycles. The first-order valence-electron chi connectivity index (χ1n) is 7.71. The Morgan fingerprint density at radius 2 is 2.26 bits per heavy atom. The number of rotatable bonds is 4. The molecule has 1 aromatic heterocycles. The normalized spacial score (nSPS) is 17.0. The standard InChI is InChI=1S/C17H21N3O2S/c1-11(2)13-8-20(15-7-5-4-6-12(15)18-13)17(21)14-10-23-16(19-14)9-22-3/h4-7,10-11,13,18H,8-9H2,1-3H3/t13-/m1/s1. The van der Waals surface area contributed by atoms with Gasteiger partial charge in [-0.15, -0.1) is 11.3 Å². The van der Waals surface area contributed by atoms with E-state index in [1.807, 2.05) is 34.5 Å². The van der Waals surface area contributed by atoms with Gasteiger partial charge in [-0.3, -0.25) is 4.79 Å². The minimum absolute atomic E-state index is 0.0526. The number of aromatic nitrogens is 1. The Balaban J connectivity index is 1.91. The molecule has 1 aromatic carbocycles. The summed E-state index contributed by atoms with van der Waals surface area (Å²) >= 11 is 1.46. The highest BCUT2D eigenvalue weighted by Crippen LogP contribution is 2.33. The molecule has 0 saturated heterocycles. The molecule has 0 spiro atoms. The number of nitrogens with one attached hydrogen (secondary N) is 1. The van der Waals surface area contributed by atoms with Gasteiger partial charge in [0.1, 0.15) is 10.7 Å². The number of hydrogen-bond donors (Lipinski definition) is 1. The Morgan fingerprint density at radius 3 is 3.00 bits per heavy atom. The number of methoxy groups -OCH3 is 1. The van der Waals surface area contributed by atoms with Crippen LogP contribution in [0.1, 0.15) is 29.3 Å². The number of carbonyl (C=O) groups excluding carboxylic acids is 1. The van der Waals surface area contributed by atoms with Crippen molar-refractivity contribution >= 4 is 28.6 Å². The Morgan fingerprint density at radius 1 is 1.48 bits per heavy atom. The van der Waals surface area contributed by atoms with Gasteiger partial charge in [0.25, 0.3) is 5.91 Å². The van der Waals surface area contributed by atoms with Crippen LogP contribution in [0.3, 0.4) is 0 Å². The lowest BCUT2D eigenvalue weighted by atomic mass is 9.99. The highest BCUT2D eigenvalue weighted by molar-refractivity contribution is 7.09. The maximum atomic E-state index is 12.9. The van der Waals surface area contributed by atoms with Crippen LogP contribution in [0.2, 0.25) is 0 Å². The summed E-state index contributed by atoms with van der Waals surface area (Å²) in [5.41, 5.74) is 2.40. The van der Waals surface area contributed by atoms with Crippen molar-refractivity contribution in [2.75, 3.05) is 23.9 Å². The van der Waals surface area contributed by atoms with E-state index in [1.165, 1.54) is 11.3 Å². The van der Waals surface area contributed by atoms with Crippen molar-refractivity contribution in [2.24, 2.45) is 5.92 Å². The molecular weight excluding hydrogens is 310 g/mol. The summed E-state index contributed by atoms with van der Waals surface area (Å²) in [4.78, 5) is 19.2. The Hall–Kier alpha value is -1.92. The summed E-state index contributed by atoms with van der Waals surface area (Å²) in [6.07, 6.45) is 0. The molecule has 0 radical (unpaired) electrons. The van der Waals surface area contributed by atoms with Gasteiger partial charge in [0.05, 0.1) is 18.0 Å². The van der Waals surface area contributed by atoms with E-state index in [-0.39, 0.29) is 11.9 Å². The van der Waals surface area contributed by atoms with E-state index < -0.39 is 0 Å². The van der Waals surface area contributed by atoms with Gasteiger partial charge in [-0.1, -0.05) is 26.0 Å². The summed E-state index contributed by atoms with van der Waals surface area (Å²) < 4.78 is 5.08. The first kappa shape index (κ1) is 16.0. The van der Waals surface area contributed by atoms with Crippen LogP contribution in [0, 0.1) is 5.92 Å². The third-order valence-corrected chi connectivity index (χ3v) is 4.83. The zero-order chi connectivity index (χ0) is 16.4. The lowest BCUT2D eigenvalue weighted by Crippen LogP contribution is -2.47.